The Labute approximate surface area is 228 Å². The largest absolute Gasteiger partial charge is 0.341 e. The van der Waals surface area contributed by atoms with Crippen molar-refractivity contribution in [3.63, 3.8) is 0 Å². The van der Waals surface area contributed by atoms with Gasteiger partial charge < -0.3 is 15.2 Å². The summed E-state index contributed by atoms with van der Waals surface area (Å²) < 4.78 is 7.85. The van der Waals surface area contributed by atoms with Gasteiger partial charge in [-0.05, 0) is 42.5 Å². The van der Waals surface area contributed by atoms with Gasteiger partial charge in [0.25, 0.3) is 0 Å². The minimum Gasteiger partial charge on any atom is -0.341 e. The predicted octanol–water partition coefficient (Wildman–Crippen LogP) is 5.35. The Balaban J connectivity index is 1.35. The van der Waals surface area contributed by atoms with Gasteiger partial charge in [-0.15, -0.1) is 0 Å². The van der Waals surface area contributed by atoms with E-state index in [-0.39, 0.29) is 23.3 Å². The lowest BCUT2D eigenvalue weighted by atomic mass is 9.95. The van der Waals surface area contributed by atoms with Crippen LogP contribution in [0.4, 0.5) is 11.6 Å². The molecule has 1 aliphatic carbocycles. The van der Waals surface area contributed by atoms with Gasteiger partial charge in [0.15, 0.2) is 5.82 Å². The van der Waals surface area contributed by atoms with Crippen molar-refractivity contribution in [1.82, 2.24) is 35.2 Å². The first-order chi connectivity index (χ1) is 17.8. The molecule has 4 aromatic rings. The zero-order valence-corrected chi connectivity index (χ0v) is 23.2. The minimum atomic E-state index is -0.345. The molecule has 0 saturated carbocycles. The van der Waals surface area contributed by atoms with E-state index in [4.69, 9.17) is 9.51 Å². The van der Waals surface area contributed by atoms with Crippen LogP contribution in [-0.4, -0.2) is 35.8 Å². The maximum Gasteiger partial charge on any atom is 0.315 e. The molecule has 0 radical (unpaired) electrons. The summed E-state index contributed by atoms with van der Waals surface area (Å²) in [5.74, 6) is 0.681. The Morgan fingerprint density at radius 3 is 2.84 bits per heavy atom. The molecule has 10 nitrogen and oxygen atoms in total. The number of alkyl halides is 1. The molecule has 0 aliphatic heterocycles. The topological polar surface area (TPSA) is 124 Å². The molecule has 0 fully saturated rings. The molecule has 2 N–H and O–H groups in total. The molecule has 3 heterocycles. The van der Waals surface area contributed by atoms with E-state index in [1.807, 2.05) is 43.8 Å². The van der Waals surface area contributed by atoms with Gasteiger partial charge in [-0.3, -0.25) is 9.48 Å². The summed E-state index contributed by atoms with van der Waals surface area (Å²) in [4.78, 5) is 26.3. The number of anilines is 2. The highest BCUT2D eigenvalue weighted by molar-refractivity contribution is 14.1. The zero-order chi connectivity index (χ0) is 26.0. The van der Waals surface area contributed by atoms with Gasteiger partial charge in [-0.25, -0.2) is 9.97 Å². The van der Waals surface area contributed by atoms with Crippen molar-refractivity contribution in [2.75, 3.05) is 5.32 Å². The average Bonchev–Trinajstić information content (AvgIpc) is 3.52. The number of benzene rings is 1. The maximum absolute atomic E-state index is 12.9. The van der Waals surface area contributed by atoms with Crippen LogP contribution in [0.2, 0.25) is 0 Å². The summed E-state index contributed by atoms with van der Waals surface area (Å²) in [7, 11) is 0. The first-order valence-corrected chi connectivity index (χ1v) is 13.8. The minimum absolute atomic E-state index is 0.00242. The molecule has 5 rings (SSSR count). The van der Waals surface area contributed by atoms with Crippen LogP contribution in [0.5, 0.6) is 0 Å². The second-order valence-corrected chi connectivity index (χ2v) is 10.8. The lowest BCUT2D eigenvalue weighted by Gasteiger charge is -2.19. The Hall–Kier alpha value is -3.35. The van der Waals surface area contributed by atoms with E-state index in [0.717, 1.165) is 52.7 Å². The van der Waals surface area contributed by atoms with Crippen molar-refractivity contribution >= 4 is 40.1 Å². The number of rotatable bonds is 6. The van der Waals surface area contributed by atoms with E-state index in [1.54, 1.807) is 12.4 Å². The number of aryl methyl sites for hydroxylation is 1. The third-order valence-electron chi connectivity index (χ3n) is 6.27. The second kappa shape index (κ2) is 10.6. The zero-order valence-electron chi connectivity index (χ0n) is 21.0. The lowest BCUT2D eigenvalue weighted by molar-refractivity contribution is 0.0890. The summed E-state index contributed by atoms with van der Waals surface area (Å²) in [6.45, 7) is 5.94. The summed E-state index contributed by atoms with van der Waals surface area (Å²) in [6, 6.07) is 8.09. The molecule has 11 heteroatoms. The Kier molecular flexibility index (Phi) is 7.22. The number of fused-ring (bicyclic) bond motifs is 1. The van der Waals surface area contributed by atoms with Crippen LogP contribution in [0.25, 0.3) is 11.3 Å². The fourth-order valence-electron chi connectivity index (χ4n) is 4.33. The first kappa shape index (κ1) is 25.3. The predicted molar refractivity (Wildman–Crippen MR) is 148 cm³/mol. The van der Waals surface area contributed by atoms with Crippen LogP contribution >= 0.6 is 22.6 Å². The lowest BCUT2D eigenvalue weighted by Crippen LogP contribution is -2.29. The number of halogens is 1. The third kappa shape index (κ3) is 5.81. The molecule has 1 atom stereocenters. The fraction of sp³-hybridized carbons (Fsp3) is 0.385. The number of nitrogens with zero attached hydrogens (tertiary/aromatic N) is 6. The molecule has 1 aromatic carbocycles. The van der Waals surface area contributed by atoms with Gasteiger partial charge in [0.05, 0.1) is 28.2 Å². The molecule has 0 bridgehead atoms. The number of nitrogens with one attached hydrogen (secondary N) is 2. The van der Waals surface area contributed by atoms with Crippen molar-refractivity contribution in [3.8, 4) is 11.3 Å². The summed E-state index contributed by atoms with van der Waals surface area (Å²) in [5.41, 5.74) is 4.70. The summed E-state index contributed by atoms with van der Waals surface area (Å²) >= 11 is 2.25. The molecule has 1 amide bonds. The Morgan fingerprint density at radius 1 is 1.22 bits per heavy atom. The number of aromatic nitrogens is 6. The number of carbonyl (C=O) groups is 1. The van der Waals surface area contributed by atoms with Crippen LogP contribution in [0.1, 0.15) is 73.7 Å². The van der Waals surface area contributed by atoms with E-state index < -0.39 is 0 Å². The maximum atomic E-state index is 12.9. The van der Waals surface area contributed by atoms with Gasteiger partial charge in [-0.2, -0.15) is 10.1 Å². The van der Waals surface area contributed by atoms with Crippen LogP contribution in [-0.2, 0) is 16.4 Å². The van der Waals surface area contributed by atoms with Crippen molar-refractivity contribution in [3.05, 3.63) is 65.7 Å². The summed E-state index contributed by atoms with van der Waals surface area (Å²) in [5, 5.41) is 14.6. The Bertz CT molecular complexity index is 1410. The van der Waals surface area contributed by atoms with Crippen molar-refractivity contribution in [2.45, 2.75) is 62.5 Å². The molecule has 0 saturated heterocycles. The highest BCUT2D eigenvalue weighted by Crippen LogP contribution is 2.32. The average molecular weight is 612 g/mol. The van der Waals surface area contributed by atoms with E-state index in [9.17, 15) is 4.79 Å². The SMILES string of the molecule is CC(C)(C)c1noc(C(=O)NC2CCCCc3cc(-c4ccnc(Nc5cnn(CI)c5)n4)ccc32)n1. The van der Waals surface area contributed by atoms with E-state index in [0.29, 0.717) is 11.8 Å². The van der Waals surface area contributed by atoms with Crippen LogP contribution in [0, 0.1) is 0 Å². The molecule has 192 valence electrons. The molecule has 1 aliphatic rings. The molecule has 3 aromatic heterocycles. The highest BCUT2D eigenvalue weighted by Gasteiger charge is 2.27. The van der Waals surface area contributed by atoms with Crippen LogP contribution in [0.15, 0.2) is 47.4 Å². The number of hydrogen-bond acceptors (Lipinski definition) is 8. The van der Waals surface area contributed by atoms with Gasteiger partial charge in [0.1, 0.15) is 0 Å². The van der Waals surface area contributed by atoms with Crippen molar-refractivity contribution < 1.29 is 9.32 Å². The smallest absolute Gasteiger partial charge is 0.315 e. The quantitative estimate of drug-likeness (QED) is 0.170. The molecular weight excluding hydrogens is 583 g/mol. The first-order valence-electron chi connectivity index (χ1n) is 12.3. The van der Waals surface area contributed by atoms with Crippen molar-refractivity contribution in [2.24, 2.45) is 0 Å². The van der Waals surface area contributed by atoms with Crippen LogP contribution in [0.3, 0.4) is 0 Å². The number of carbonyl (C=O) groups excluding carboxylic acids is 1. The standard InChI is InChI=1S/C26H29IN8O2/c1-26(2,3)24-33-23(37-34-24)22(36)31-21-7-5-4-6-16-12-17(8-9-19(16)21)20-10-11-28-25(32-20)30-18-13-29-35(14-18)15-27/h8-14,21H,4-7,15H2,1-3H3,(H,31,36)(H,28,30,32). The van der Waals surface area contributed by atoms with Gasteiger partial charge in [0, 0.05) is 23.4 Å². The normalized spacial score (nSPS) is 15.6. The fourth-order valence-corrected chi connectivity index (χ4v) is 4.71. The molecule has 37 heavy (non-hydrogen) atoms. The third-order valence-corrected chi connectivity index (χ3v) is 6.97. The van der Waals surface area contributed by atoms with Crippen LogP contribution < -0.4 is 10.6 Å². The van der Waals surface area contributed by atoms with E-state index >= 15 is 0 Å². The number of amides is 1. The molecular formula is C26H29IN8O2. The monoisotopic (exact) mass is 612 g/mol. The molecule has 0 spiro atoms. The van der Waals surface area contributed by atoms with Gasteiger partial charge in [0.2, 0.25) is 5.95 Å². The van der Waals surface area contributed by atoms with Crippen molar-refractivity contribution in [1.29, 1.82) is 0 Å². The Morgan fingerprint density at radius 2 is 2.08 bits per heavy atom. The highest BCUT2D eigenvalue weighted by atomic mass is 127. The number of hydrogen-bond donors (Lipinski definition) is 2. The van der Waals surface area contributed by atoms with Gasteiger partial charge in [-0.1, -0.05) is 67.1 Å². The summed E-state index contributed by atoms with van der Waals surface area (Å²) in [6.07, 6.45) is 9.27. The van der Waals surface area contributed by atoms with Gasteiger partial charge >= 0.3 is 11.8 Å². The van der Waals surface area contributed by atoms with E-state index in [1.165, 1.54) is 5.56 Å². The van der Waals surface area contributed by atoms with E-state index in [2.05, 4.69) is 65.6 Å². The molecule has 1 unspecified atom stereocenters. The second-order valence-electron chi connectivity index (χ2n) is 10.1.